The third-order valence-corrected chi connectivity index (χ3v) is 4.00. The van der Waals surface area contributed by atoms with E-state index in [-0.39, 0.29) is 38.5 Å². The van der Waals surface area contributed by atoms with E-state index in [4.69, 9.17) is 14.2 Å². The molecule has 0 unspecified atom stereocenters. The quantitative estimate of drug-likeness (QED) is 0.288. The molecule has 0 saturated carbocycles. The highest BCUT2D eigenvalue weighted by Crippen LogP contribution is 2.29. The van der Waals surface area contributed by atoms with Crippen LogP contribution in [0.5, 0.6) is 0 Å². The normalized spacial score (nSPS) is 17.5. The van der Waals surface area contributed by atoms with Gasteiger partial charge < -0.3 is 19.1 Å². The number of esters is 3. The minimum atomic E-state index is -1.13. The average molecular weight is 389 g/mol. The van der Waals surface area contributed by atoms with Crippen LogP contribution in [-0.4, -0.2) is 48.5 Å². The Bertz CT molecular complexity index is 757. The maximum Gasteiger partial charge on any atom is 0.332 e. The lowest BCUT2D eigenvalue weighted by atomic mass is 10.1. The van der Waals surface area contributed by atoms with Crippen LogP contribution in [0, 0.1) is 5.92 Å². The highest BCUT2D eigenvalue weighted by molar-refractivity contribution is 6.02. The van der Waals surface area contributed by atoms with Gasteiger partial charge in [-0.3, -0.25) is 14.4 Å². The zero-order valence-electron chi connectivity index (χ0n) is 15.9. The Hall–Kier alpha value is -3.16. The van der Waals surface area contributed by atoms with Gasteiger partial charge in [-0.25, -0.2) is 4.79 Å². The molecule has 8 nitrogen and oxygen atoms in total. The first-order chi connectivity index (χ1) is 13.5. The van der Waals surface area contributed by atoms with Crippen LogP contribution in [0.25, 0.3) is 0 Å². The number of ether oxygens (including phenoxy) is 3. The summed E-state index contributed by atoms with van der Waals surface area (Å²) in [4.78, 5) is 49.8. The Kier molecular flexibility index (Phi) is 7.74. The van der Waals surface area contributed by atoms with Crippen LogP contribution in [0.4, 0.5) is 0 Å². The minimum absolute atomic E-state index is 0.0260. The Morgan fingerprint density at radius 2 is 1.75 bits per heavy atom. The number of rotatable bonds is 8. The van der Waals surface area contributed by atoms with Gasteiger partial charge >= 0.3 is 17.9 Å². The number of carbonyl (C=O) groups is 4. The van der Waals surface area contributed by atoms with E-state index in [2.05, 4.69) is 0 Å². The van der Waals surface area contributed by atoms with Crippen molar-refractivity contribution in [3.63, 3.8) is 0 Å². The maximum atomic E-state index is 12.7. The molecule has 1 heterocycles. The fourth-order valence-electron chi connectivity index (χ4n) is 2.72. The predicted octanol–water partition coefficient (Wildman–Crippen LogP) is 1.59. The summed E-state index contributed by atoms with van der Waals surface area (Å²) in [6, 6.07) is 9.05. The van der Waals surface area contributed by atoms with Crippen LogP contribution < -0.4 is 0 Å². The number of amides is 1. The zero-order chi connectivity index (χ0) is 20.5. The van der Waals surface area contributed by atoms with Gasteiger partial charge in [-0.2, -0.15) is 0 Å². The van der Waals surface area contributed by atoms with Crippen molar-refractivity contribution in [2.45, 2.75) is 26.9 Å². The molecule has 1 atom stereocenters. The molecule has 1 aliphatic heterocycles. The standard InChI is InChI=1S/C20H23NO7/c1-3-26-17(22)11-15-10-16(19(24)21(15)12-18(23)27-4-2)20(25)28-13-14-8-6-5-7-9-14/h5-9,11,16H,3-4,10,12-13H2,1-2H3/b15-11+/t16-/m0/s1. The van der Waals surface area contributed by atoms with Gasteiger partial charge in [0, 0.05) is 18.2 Å². The number of likely N-dealkylation sites (tertiary alicyclic amines) is 1. The van der Waals surface area contributed by atoms with Gasteiger partial charge in [0.2, 0.25) is 5.91 Å². The monoisotopic (exact) mass is 389 g/mol. The van der Waals surface area contributed by atoms with Crippen LogP contribution in [-0.2, 0) is 40.0 Å². The van der Waals surface area contributed by atoms with Gasteiger partial charge in [-0.15, -0.1) is 0 Å². The zero-order valence-corrected chi connectivity index (χ0v) is 15.9. The van der Waals surface area contributed by atoms with E-state index in [1.54, 1.807) is 26.0 Å². The predicted molar refractivity (Wildman–Crippen MR) is 97.4 cm³/mol. The summed E-state index contributed by atoms with van der Waals surface area (Å²) in [6.07, 6.45) is 1.07. The number of carbonyl (C=O) groups excluding carboxylic acids is 4. The summed E-state index contributed by atoms with van der Waals surface area (Å²) in [6.45, 7) is 3.25. The third-order valence-electron chi connectivity index (χ3n) is 4.00. The number of hydrogen-bond donors (Lipinski definition) is 0. The minimum Gasteiger partial charge on any atom is -0.465 e. The molecule has 2 rings (SSSR count). The molecular weight excluding hydrogens is 366 g/mol. The lowest BCUT2D eigenvalue weighted by Gasteiger charge is -2.17. The SMILES string of the molecule is CCOC(=O)/C=C1\C[C@H](C(=O)OCc2ccccc2)C(=O)N1CC(=O)OCC. The molecule has 0 aliphatic carbocycles. The van der Waals surface area contributed by atoms with Crippen LogP contribution in [0.1, 0.15) is 25.8 Å². The Balaban J connectivity index is 2.12. The second kappa shape index (κ2) is 10.2. The molecule has 0 spiro atoms. The van der Waals surface area contributed by atoms with Crippen molar-refractivity contribution in [2.75, 3.05) is 19.8 Å². The molecule has 1 aromatic rings. The molecule has 1 fully saturated rings. The fourth-order valence-corrected chi connectivity index (χ4v) is 2.72. The van der Waals surface area contributed by atoms with Gasteiger partial charge in [0.15, 0.2) is 0 Å². The van der Waals surface area contributed by atoms with Crippen molar-refractivity contribution in [1.29, 1.82) is 0 Å². The van der Waals surface area contributed by atoms with E-state index < -0.39 is 29.7 Å². The van der Waals surface area contributed by atoms with Crippen molar-refractivity contribution >= 4 is 23.8 Å². The van der Waals surface area contributed by atoms with Gasteiger partial charge in [0.05, 0.1) is 13.2 Å². The second-order valence-electron chi connectivity index (χ2n) is 5.97. The number of benzene rings is 1. The highest BCUT2D eigenvalue weighted by Gasteiger charge is 2.42. The van der Waals surface area contributed by atoms with Crippen molar-refractivity contribution in [3.05, 3.63) is 47.7 Å². The van der Waals surface area contributed by atoms with Crippen LogP contribution in [0.2, 0.25) is 0 Å². The van der Waals surface area contributed by atoms with Crippen molar-refractivity contribution in [1.82, 2.24) is 4.90 Å². The number of allylic oxidation sites excluding steroid dienone is 1. The van der Waals surface area contributed by atoms with Crippen molar-refractivity contribution < 1.29 is 33.4 Å². The molecule has 1 saturated heterocycles. The molecule has 1 amide bonds. The van der Waals surface area contributed by atoms with Crippen molar-refractivity contribution in [2.24, 2.45) is 5.92 Å². The lowest BCUT2D eigenvalue weighted by Crippen LogP contribution is -2.35. The molecule has 0 bridgehead atoms. The van der Waals surface area contributed by atoms with Crippen LogP contribution >= 0.6 is 0 Å². The Morgan fingerprint density at radius 1 is 1.07 bits per heavy atom. The first kappa shape index (κ1) is 21.1. The van der Waals surface area contributed by atoms with E-state index in [0.29, 0.717) is 0 Å². The lowest BCUT2D eigenvalue weighted by molar-refractivity contribution is -0.156. The molecule has 0 N–H and O–H groups in total. The second-order valence-corrected chi connectivity index (χ2v) is 5.97. The summed E-state index contributed by atoms with van der Waals surface area (Å²) in [5.74, 6) is -3.74. The molecule has 1 aromatic carbocycles. The highest BCUT2D eigenvalue weighted by atomic mass is 16.5. The van der Waals surface area contributed by atoms with E-state index in [1.165, 1.54) is 0 Å². The van der Waals surface area contributed by atoms with Crippen molar-refractivity contribution in [3.8, 4) is 0 Å². The van der Waals surface area contributed by atoms with Gasteiger partial charge in [0.25, 0.3) is 0 Å². The first-order valence-corrected chi connectivity index (χ1v) is 9.01. The van der Waals surface area contributed by atoms with Gasteiger partial charge in [0.1, 0.15) is 19.1 Å². The summed E-state index contributed by atoms with van der Waals surface area (Å²) >= 11 is 0. The Morgan fingerprint density at radius 3 is 2.39 bits per heavy atom. The summed E-state index contributed by atoms with van der Waals surface area (Å²) in [5.41, 5.74) is 1.00. The topological polar surface area (TPSA) is 99.2 Å². The Labute approximate surface area is 163 Å². The average Bonchev–Trinajstić information content (AvgIpc) is 2.97. The maximum absolute atomic E-state index is 12.7. The molecule has 28 heavy (non-hydrogen) atoms. The van der Waals surface area contributed by atoms with E-state index in [9.17, 15) is 19.2 Å². The van der Waals surface area contributed by atoms with Crippen LogP contribution in [0.3, 0.4) is 0 Å². The summed E-state index contributed by atoms with van der Waals surface area (Å²) < 4.78 is 15.0. The summed E-state index contributed by atoms with van der Waals surface area (Å²) in [5, 5.41) is 0. The first-order valence-electron chi connectivity index (χ1n) is 9.01. The molecular formula is C20H23NO7. The van der Waals surface area contributed by atoms with Gasteiger partial charge in [-0.1, -0.05) is 30.3 Å². The van der Waals surface area contributed by atoms with E-state index in [0.717, 1.165) is 16.5 Å². The van der Waals surface area contributed by atoms with Crippen LogP contribution in [0.15, 0.2) is 42.1 Å². The molecule has 0 aromatic heterocycles. The smallest absolute Gasteiger partial charge is 0.332 e. The fraction of sp³-hybridized carbons (Fsp3) is 0.400. The third kappa shape index (κ3) is 5.67. The summed E-state index contributed by atoms with van der Waals surface area (Å²) in [7, 11) is 0. The van der Waals surface area contributed by atoms with E-state index in [1.807, 2.05) is 18.2 Å². The van der Waals surface area contributed by atoms with E-state index >= 15 is 0 Å². The molecule has 1 aliphatic rings. The largest absolute Gasteiger partial charge is 0.465 e. The molecule has 8 heteroatoms. The number of nitrogens with zero attached hydrogens (tertiary/aromatic N) is 1. The van der Waals surface area contributed by atoms with Gasteiger partial charge in [-0.05, 0) is 19.4 Å². The molecule has 150 valence electrons. The molecule has 0 radical (unpaired) electrons. The number of hydrogen-bond acceptors (Lipinski definition) is 7.